The minimum Gasteiger partial charge on any atom is -0.316 e. The van der Waals surface area contributed by atoms with E-state index in [2.05, 4.69) is 26.1 Å². The van der Waals surface area contributed by atoms with Gasteiger partial charge in [-0.05, 0) is 49.4 Å². The Morgan fingerprint density at radius 1 is 1.33 bits per heavy atom. The molecule has 0 spiro atoms. The molecule has 1 unspecified atom stereocenters. The Kier molecular flexibility index (Phi) is 5.61. The van der Waals surface area contributed by atoms with Crippen molar-refractivity contribution in [3.63, 3.8) is 0 Å². The summed E-state index contributed by atoms with van der Waals surface area (Å²) in [6, 6.07) is 5.55. The third kappa shape index (κ3) is 4.58. The first kappa shape index (κ1) is 15.5. The van der Waals surface area contributed by atoms with Crippen LogP contribution in [-0.4, -0.2) is 13.1 Å². The Morgan fingerprint density at radius 2 is 2.00 bits per heavy atom. The van der Waals surface area contributed by atoms with Crippen LogP contribution in [0.15, 0.2) is 18.2 Å². The molecule has 0 aliphatic heterocycles. The van der Waals surface area contributed by atoms with Crippen molar-refractivity contribution in [2.75, 3.05) is 7.05 Å². The smallest absolute Gasteiger partial charge is 0.142 e. The summed E-state index contributed by atoms with van der Waals surface area (Å²) in [7, 11) is 2.00. The van der Waals surface area contributed by atoms with Gasteiger partial charge in [0.2, 0.25) is 0 Å². The minimum atomic E-state index is -0.324. The fourth-order valence-electron chi connectivity index (χ4n) is 2.22. The molecule has 3 heteroatoms. The van der Waals surface area contributed by atoms with Crippen molar-refractivity contribution < 1.29 is 4.39 Å². The van der Waals surface area contributed by atoms with Gasteiger partial charge in [0.15, 0.2) is 0 Å². The van der Waals surface area contributed by atoms with Crippen LogP contribution in [0.2, 0.25) is 5.02 Å². The highest BCUT2D eigenvalue weighted by molar-refractivity contribution is 6.30. The molecule has 102 valence electrons. The average molecular weight is 272 g/mol. The standard InChI is InChI=1S/C15H23ClFN/c1-15(2,3)14(18-4)7-5-6-11-8-9-12(16)13(17)10-11/h8-10,14,18H,5-7H2,1-4H3. The zero-order valence-electron chi connectivity index (χ0n) is 11.7. The van der Waals surface area contributed by atoms with Gasteiger partial charge in [-0.1, -0.05) is 38.4 Å². The Hall–Kier alpha value is -0.600. The van der Waals surface area contributed by atoms with E-state index in [9.17, 15) is 4.39 Å². The van der Waals surface area contributed by atoms with Crippen molar-refractivity contribution in [3.05, 3.63) is 34.6 Å². The molecule has 18 heavy (non-hydrogen) atoms. The van der Waals surface area contributed by atoms with Crippen molar-refractivity contribution in [1.29, 1.82) is 0 Å². The van der Waals surface area contributed by atoms with E-state index in [0.29, 0.717) is 6.04 Å². The van der Waals surface area contributed by atoms with Crippen LogP contribution in [0.3, 0.4) is 0 Å². The molecule has 0 heterocycles. The zero-order valence-corrected chi connectivity index (χ0v) is 12.4. The molecule has 1 aromatic carbocycles. The maximum Gasteiger partial charge on any atom is 0.142 e. The van der Waals surface area contributed by atoms with Crippen LogP contribution in [0.4, 0.5) is 4.39 Å². The summed E-state index contributed by atoms with van der Waals surface area (Å²) in [4.78, 5) is 0. The van der Waals surface area contributed by atoms with E-state index < -0.39 is 0 Å². The van der Waals surface area contributed by atoms with Gasteiger partial charge in [0.05, 0.1) is 5.02 Å². The molecule has 0 aromatic heterocycles. The predicted octanol–water partition coefficient (Wildman–Crippen LogP) is 4.44. The van der Waals surface area contributed by atoms with Gasteiger partial charge < -0.3 is 5.32 Å². The van der Waals surface area contributed by atoms with Gasteiger partial charge in [-0.3, -0.25) is 0 Å². The van der Waals surface area contributed by atoms with E-state index in [1.165, 1.54) is 6.07 Å². The lowest BCUT2D eigenvalue weighted by atomic mass is 9.83. The van der Waals surface area contributed by atoms with Crippen molar-refractivity contribution in [2.24, 2.45) is 5.41 Å². The molecule has 0 aliphatic rings. The number of nitrogens with one attached hydrogen (secondary N) is 1. The summed E-state index contributed by atoms with van der Waals surface area (Å²) < 4.78 is 13.3. The maximum absolute atomic E-state index is 13.3. The third-order valence-electron chi connectivity index (χ3n) is 3.34. The average Bonchev–Trinajstić information content (AvgIpc) is 2.27. The second kappa shape index (κ2) is 6.53. The van der Waals surface area contributed by atoms with E-state index >= 15 is 0 Å². The van der Waals surface area contributed by atoms with Crippen LogP contribution in [0.5, 0.6) is 0 Å². The molecule has 0 radical (unpaired) electrons. The molecule has 1 N–H and O–H groups in total. The molecule has 0 amide bonds. The molecule has 1 atom stereocenters. The summed E-state index contributed by atoms with van der Waals surface area (Å²) in [6.45, 7) is 6.70. The van der Waals surface area contributed by atoms with E-state index in [4.69, 9.17) is 11.6 Å². The SMILES string of the molecule is CNC(CCCc1ccc(Cl)c(F)c1)C(C)(C)C. The second-order valence-electron chi connectivity index (χ2n) is 5.85. The Labute approximate surface area is 115 Å². The molecule has 0 saturated heterocycles. The topological polar surface area (TPSA) is 12.0 Å². The van der Waals surface area contributed by atoms with Crippen molar-refractivity contribution in [2.45, 2.75) is 46.1 Å². The summed E-state index contributed by atoms with van der Waals surface area (Å²) in [5, 5.41) is 3.55. The van der Waals surface area contributed by atoms with Gasteiger partial charge in [-0.2, -0.15) is 0 Å². The van der Waals surface area contributed by atoms with Crippen molar-refractivity contribution in [1.82, 2.24) is 5.32 Å². The highest BCUT2D eigenvalue weighted by Crippen LogP contribution is 2.23. The monoisotopic (exact) mass is 271 g/mol. The Bertz CT molecular complexity index is 385. The number of hydrogen-bond donors (Lipinski definition) is 1. The van der Waals surface area contributed by atoms with Gasteiger partial charge in [-0.25, -0.2) is 4.39 Å². The van der Waals surface area contributed by atoms with E-state index in [1.807, 2.05) is 13.1 Å². The number of rotatable bonds is 5. The van der Waals surface area contributed by atoms with Crippen LogP contribution in [0.25, 0.3) is 0 Å². The highest BCUT2D eigenvalue weighted by Gasteiger charge is 2.22. The lowest BCUT2D eigenvalue weighted by molar-refractivity contribution is 0.263. The number of hydrogen-bond acceptors (Lipinski definition) is 1. The summed E-state index contributed by atoms with van der Waals surface area (Å²) in [5.41, 5.74) is 1.26. The second-order valence-corrected chi connectivity index (χ2v) is 6.26. The maximum atomic E-state index is 13.3. The lowest BCUT2D eigenvalue weighted by Crippen LogP contribution is -2.37. The fraction of sp³-hybridized carbons (Fsp3) is 0.600. The number of halogens is 2. The third-order valence-corrected chi connectivity index (χ3v) is 3.64. The van der Waals surface area contributed by atoms with Crippen molar-refractivity contribution >= 4 is 11.6 Å². The summed E-state index contributed by atoms with van der Waals surface area (Å²) >= 11 is 5.66. The quantitative estimate of drug-likeness (QED) is 0.835. The van der Waals surface area contributed by atoms with Crippen LogP contribution < -0.4 is 5.32 Å². The lowest BCUT2D eigenvalue weighted by Gasteiger charge is -2.30. The first-order valence-corrected chi connectivity index (χ1v) is 6.83. The summed E-state index contributed by atoms with van der Waals surface area (Å²) in [5.74, 6) is -0.324. The van der Waals surface area contributed by atoms with Gasteiger partial charge in [0.1, 0.15) is 5.82 Å². The molecule has 0 saturated carbocycles. The molecule has 1 rings (SSSR count). The van der Waals surface area contributed by atoms with Gasteiger partial charge in [-0.15, -0.1) is 0 Å². The van der Waals surface area contributed by atoms with Crippen LogP contribution in [-0.2, 0) is 6.42 Å². The van der Waals surface area contributed by atoms with Crippen molar-refractivity contribution in [3.8, 4) is 0 Å². The molecular weight excluding hydrogens is 249 g/mol. The zero-order chi connectivity index (χ0) is 13.8. The number of benzene rings is 1. The minimum absolute atomic E-state index is 0.196. The molecule has 0 aliphatic carbocycles. The van der Waals surface area contributed by atoms with Gasteiger partial charge in [0.25, 0.3) is 0 Å². The van der Waals surface area contributed by atoms with E-state index in [-0.39, 0.29) is 16.3 Å². The number of aryl methyl sites for hydroxylation is 1. The van der Waals surface area contributed by atoms with Crippen LogP contribution in [0.1, 0.15) is 39.2 Å². The highest BCUT2D eigenvalue weighted by atomic mass is 35.5. The van der Waals surface area contributed by atoms with Gasteiger partial charge >= 0.3 is 0 Å². The van der Waals surface area contributed by atoms with Gasteiger partial charge in [0, 0.05) is 6.04 Å². The Morgan fingerprint density at radius 3 is 2.50 bits per heavy atom. The summed E-state index contributed by atoms with van der Waals surface area (Å²) in [6.07, 6.45) is 3.02. The fourth-order valence-corrected chi connectivity index (χ4v) is 2.33. The largest absolute Gasteiger partial charge is 0.316 e. The van der Waals surface area contributed by atoms with E-state index in [0.717, 1.165) is 24.8 Å². The van der Waals surface area contributed by atoms with E-state index in [1.54, 1.807) is 6.07 Å². The molecular formula is C15H23ClFN. The molecule has 0 bridgehead atoms. The first-order valence-electron chi connectivity index (χ1n) is 6.46. The molecule has 1 nitrogen and oxygen atoms in total. The Balaban J connectivity index is 2.48. The van der Waals surface area contributed by atoms with Crippen LogP contribution >= 0.6 is 11.6 Å². The molecule has 0 fully saturated rings. The molecule has 1 aromatic rings. The van der Waals surface area contributed by atoms with Crippen LogP contribution in [0, 0.1) is 11.2 Å². The predicted molar refractivity (Wildman–Crippen MR) is 76.7 cm³/mol. The normalized spacial score (nSPS) is 13.7. The first-order chi connectivity index (χ1) is 8.34.